The van der Waals surface area contributed by atoms with Crippen LogP contribution >= 0.6 is 0 Å². The zero-order valence-electron chi connectivity index (χ0n) is 26.7. The van der Waals surface area contributed by atoms with Crippen molar-refractivity contribution in [3.8, 4) is 5.75 Å². The van der Waals surface area contributed by atoms with E-state index in [2.05, 4.69) is 148 Å². The quantitative estimate of drug-likeness (QED) is 0.105. The first-order valence-corrected chi connectivity index (χ1v) is 15.7. The summed E-state index contributed by atoms with van der Waals surface area (Å²) in [6.45, 7) is 9.31. The third kappa shape index (κ3) is 8.49. The van der Waals surface area contributed by atoms with Crippen molar-refractivity contribution in [2.24, 2.45) is 4.99 Å². The van der Waals surface area contributed by atoms with Crippen molar-refractivity contribution in [1.29, 1.82) is 0 Å². The first-order chi connectivity index (χ1) is 22.0. The number of hydrogen-bond acceptors (Lipinski definition) is 2. The maximum Gasteiger partial charge on any atom is 0.119 e. The highest BCUT2D eigenvalue weighted by atomic mass is 16.5. The molecule has 3 nitrogen and oxygen atoms in total. The van der Waals surface area contributed by atoms with Gasteiger partial charge in [-0.05, 0) is 75.6 Å². The van der Waals surface area contributed by atoms with Gasteiger partial charge in [0.15, 0.2) is 0 Å². The molecule has 0 saturated heterocycles. The van der Waals surface area contributed by atoms with Crippen molar-refractivity contribution in [2.75, 3.05) is 0 Å². The van der Waals surface area contributed by atoms with Gasteiger partial charge in [-0.1, -0.05) is 121 Å². The second kappa shape index (κ2) is 15.5. The van der Waals surface area contributed by atoms with Crippen LogP contribution in [-0.4, -0.2) is 16.4 Å². The average molecular weight is 591 g/mol. The molecule has 45 heavy (non-hydrogen) atoms. The number of aliphatic imine (C=N–C) groups is 1. The standard InChI is InChI=1S/C42H42N2O/c1-32(2)45-38-28-26-35(27-29-38)30-31-44-34(4)40(41-24-16-17-25-42(41)44)23-15-7-5-6-14-22-39(36-18-10-8-11-19-36)33(3)43-37-20-12-9-13-21-37/h5-29,32H,30-31H2,1-4H3/b7-5+,14-6+,23-15+,39-22+,43-33?. The maximum absolute atomic E-state index is 5.81. The molecule has 226 valence electrons. The minimum absolute atomic E-state index is 0.181. The van der Waals surface area contributed by atoms with Crippen LogP contribution in [0.4, 0.5) is 5.69 Å². The highest BCUT2D eigenvalue weighted by Crippen LogP contribution is 2.28. The number of allylic oxidation sites excluding steroid dienone is 7. The molecule has 1 aromatic heterocycles. The predicted octanol–water partition coefficient (Wildman–Crippen LogP) is 11.0. The molecule has 0 amide bonds. The number of benzene rings is 4. The first kappa shape index (κ1) is 31.3. The van der Waals surface area contributed by atoms with Gasteiger partial charge >= 0.3 is 0 Å². The molecular weight excluding hydrogens is 548 g/mol. The molecule has 0 spiro atoms. The third-order valence-electron chi connectivity index (χ3n) is 7.70. The fourth-order valence-corrected chi connectivity index (χ4v) is 5.50. The van der Waals surface area contributed by atoms with Crippen molar-refractivity contribution in [3.05, 3.63) is 168 Å². The molecule has 0 aliphatic rings. The normalized spacial score (nSPS) is 12.8. The second-order valence-electron chi connectivity index (χ2n) is 11.3. The largest absolute Gasteiger partial charge is 0.491 e. The molecule has 0 N–H and O–H groups in total. The van der Waals surface area contributed by atoms with E-state index in [0.717, 1.165) is 41.3 Å². The van der Waals surface area contributed by atoms with Gasteiger partial charge in [0, 0.05) is 40.0 Å². The molecule has 0 aliphatic heterocycles. The highest BCUT2D eigenvalue weighted by Gasteiger charge is 2.12. The predicted molar refractivity (Wildman–Crippen MR) is 194 cm³/mol. The molecular formula is C42H42N2O. The number of ether oxygens (including phenoxy) is 1. The Hall–Kier alpha value is -5.15. The van der Waals surface area contributed by atoms with E-state index in [1.165, 1.54) is 27.7 Å². The second-order valence-corrected chi connectivity index (χ2v) is 11.3. The van der Waals surface area contributed by atoms with E-state index in [-0.39, 0.29) is 6.10 Å². The topological polar surface area (TPSA) is 26.5 Å². The summed E-state index contributed by atoms with van der Waals surface area (Å²) < 4.78 is 8.25. The SMILES string of the molecule is CC(=Nc1ccccc1)\C(=C/C=C/C=C/C=C/c1c(C)n(CCc2ccc(OC(C)C)cc2)c2ccccc12)c1ccccc1. The molecule has 4 aromatic carbocycles. The summed E-state index contributed by atoms with van der Waals surface area (Å²) >= 11 is 0. The zero-order chi connectivity index (χ0) is 31.4. The molecule has 0 fully saturated rings. The Morgan fingerprint density at radius 2 is 1.40 bits per heavy atom. The summed E-state index contributed by atoms with van der Waals surface area (Å²) in [4.78, 5) is 4.85. The van der Waals surface area contributed by atoms with Crippen LogP contribution in [0.1, 0.15) is 43.2 Å². The van der Waals surface area contributed by atoms with Crippen LogP contribution in [0.5, 0.6) is 5.75 Å². The number of fused-ring (bicyclic) bond motifs is 1. The number of hydrogen-bond donors (Lipinski definition) is 0. The monoisotopic (exact) mass is 590 g/mol. The number of aryl methyl sites for hydroxylation is 2. The molecule has 0 radical (unpaired) electrons. The van der Waals surface area contributed by atoms with E-state index in [1.807, 2.05) is 36.4 Å². The van der Waals surface area contributed by atoms with Crippen molar-refractivity contribution in [2.45, 2.75) is 46.8 Å². The van der Waals surface area contributed by atoms with Gasteiger partial charge in [0.2, 0.25) is 0 Å². The van der Waals surface area contributed by atoms with Gasteiger partial charge in [0.05, 0.1) is 11.8 Å². The molecule has 3 heteroatoms. The van der Waals surface area contributed by atoms with Gasteiger partial charge in [-0.3, -0.25) is 4.99 Å². The Bertz CT molecular complexity index is 1830. The Kier molecular flexibility index (Phi) is 10.8. The van der Waals surface area contributed by atoms with Gasteiger partial charge in [-0.2, -0.15) is 0 Å². The molecule has 0 bridgehead atoms. The summed E-state index contributed by atoms with van der Waals surface area (Å²) in [7, 11) is 0. The van der Waals surface area contributed by atoms with E-state index in [1.54, 1.807) is 0 Å². The number of nitrogens with zero attached hydrogens (tertiary/aromatic N) is 2. The van der Waals surface area contributed by atoms with Gasteiger partial charge in [0.1, 0.15) is 5.75 Å². The Balaban J connectivity index is 1.29. The lowest BCUT2D eigenvalue weighted by Gasteiger charge is -2.11. The Labute approximate surface area is 268 Å². The Morgan fingerprint density at radius 1 is 0.756 bits per heavy atom. The molecule has 5 aromatic rings. The fourth-order valence-electron chi connectivity index (χ4n) is 5.50. The third-order valence-corrected chi connectivity index (χ3v) is 7.70. The molecule has 0 aliphatic carbocycles. The van der Waals surface area contributed by atoms with Crippen molar-refractivity contribution in [3.63, 3.8) is 0 Å². The van der Waals surface area contributed by atoms with Gasteiger partial charge < -0.3 is 9.30 Å². The Morgan fingerprint density at radius 3 is 2.13 bits per heavy atom. The van der Waals surface area contributed by atoms with E-state index in [0.29, 0.717) is 0 Å². The van der Waals surface area contributed by atoms with Crippen LogP contribution in [-0.2, 0) is 13.0 Å². The van der Waals surface area contributed by atoms with Gasteiger partial charge in [-0.25, -0.2) is 0 Å². The maximum atomic E-state index is 5.81. The van der Waals surface area contributed by atoms with E-state index < -0.39 is 0 Å². The molecule has 5 rings (SSSR count). The van der Waals surface area contributed by atoms with E-state index in [9.17, 15) is 0 Å². The molecule has 0 atom stereocenters. The zero-order valence-corrected chi connectivity index (χ0v) is 26.7. The van der Waals surface area contributed by atoms with Gasteiger partial charge in [-0.15, -0.1) is 0 Å². The average Bonchev–Trinajstić information content (AvgIpc) is 3.32. The van der Waals surface area contributed by atoms with Crippen LogP contribution in [0.15, 0.2) is 151 Å². The molecule has 1 heterocycles. The summed E-state index contributed by atoms with van der Waals surface area (Å²) in [6.07, 6.45) is 15.9. The number of rotatable bonds is 12. The fraction of sp³-hybridized carbons (Fsp3) is 0.167. The van der Waals surface area contributed by atoms with Crippen molar-refractivity contribution >= 4 is 34.0 Å². The summed E-state index contributed by atoms with van der Waals surface area (Å²) in [5, 5.41) is 1.28. The van der Waals surface area contributed by atoms with Crippen LogP contribution in [0, 0.1) is 6.92 Å². The van der Waals surface area contributed by atoms with E-state index in [4.69, 9.17) is 9.73 Å². The van der Waals surface area contributed by atoms with Crippen LogP contribution in [0.2, 0.25) is 0 Å². The summed E-state index contributed by atoms with van der Waals surface area (Å²) in [5.41, 5.74) is 9.29. The van der Waals surface area contributed by atoms with Crippen LogP contribution < -0.4 is 4.74 Å². The first-order valence-electron chi connectivity index (χ1n) is 15.7. The smallest absolute Gasteiger partial charge is 0.119 e. The van der Waals surface area contributed by atoms with Crippen LogP contribution in [0.25, 0.3) is 22.6 Å². The van der Waals surface area contributed by atoms with Crippen molar-refractivity contribution < 1.29 is 4.74 Å². The molecule has 0 saturated carbocycles. The van der Waals surface area contributed by atoms with Gasteiger partial charge in [0.25, 0.3) is 0 Å². The summed E-state index contributed by atoms with van der Waals surface area (Å²) in [6, 6.07) is 37.7. The minimum atomic E-state index is 0.181. The highest BCUT2D eigenvalue weighted by molar-refractivity contribution is 6.23. The van der Waals surface area contributed by atoms with Crippen LogP contribution in [0.3, 0.4) is 0 Å². The van der Waals surface area contributed by atoms with Crippen molar-refractivity contribution in [1.82, 2.24) is 4.57 Å². The molecule has 0 unspecified atom stereocenters. The lowest BCUT2D eigenvalue weighted by atomic mass is 10.0. The number of para-hydroxylation sites is 2. The van der Waals surface area contributed by atoms with E-state index >= 15 is 0 Å². The number of aromatic nitrogens is 1. The summed E-state index contributed by atoms with van der Waals surface area (Å²) in [5.74, 6) is 0.923. The minimum Gasteiger partial charge on any atom is -0.491 e. The lowest BCUT2D eigenvalue weighted by molar-refractivity contribution is 0.242. The lowest BCUT2D eigenvalue weighted by Crippen LogP contribution is -2.06.